The molecule has 0 spiro atoms. The largest absolute Gasteiger partial charge is 0.352 e. The second-order valence-electron chi connectivity index (χ2n) is 4.34. The quantitative estimate of drug-likeness (QED) is 0.868. The van der Waals surface area contributed by atoms with Crippen LogP contribution in [0.25, 0.3) is 0 Å². The molecule has 3 N–H and O–H groups in total. The van der Waals surface area contributed by atoms with E-state index in [4.69, 9.17) is 5.73 Å². The Morgan fingerprint density at radius 2 is 2.06 bits per heavy atom. The summed E-state index contributed by atoms with van der Waals surface area (Å²) in [4.78, 5) is 11.8. The molecule has 0 saturated carbocycles. The van der Waals surface area contributed by atoms with Crippen LogP contribution in [0.5, 0.6) is 0 Å². The summed E-state index contributed by atoms with van der Waals surface area (Å²) in [6, 6.07) is 6.01. The van der Waals surface area contributed by atoms with Crippen molar-refractivity contribution in [1.82, 2.24) is 5.32 Å². The molecule has 17 heavy (non-hydrogen) atoms. The molecule has 1 aromatic carbocycles. The van der Waals surface area contributed by atoms with Gasteiger partial charge in [0, 0.05) is 18.2 Å². The first kappa shape index (κ1) is 15.9. The van der Waals surface area contributed by atoms with Gasteiger partial charge in [-0.25, -0.2) is 0 Å². The van der Waals surface area contributed by atoms with Gasteiger partial charge in [-0.2, -0.15) is 0 Å². The molecule has 0 bridgehead atoms. The minimum Gasteiger partial charge on any atom is -0.352 e. The van der Waals surface area contributed by atoms with E-state index in [9.17, 15) is 4.79 Å². The number of halogens is 1. The molecule has 1 unspecified atom stereocenters. The molecule has 4 heteroatoms. The molecule has 96 valence electrons. The maximum absolute atomic E-state index is 11.8. The molecule has 0 fully saturated rings. The van der Waals surface area contributed by atoms with E-state index in [0.717, 1.165) is 23.1 Å². The van der Waals surface area contributed by atoms with E-state index >= 15 is 0 Å². The van der Waals surface area contributed by atoms with Gasteiger partial charge < -0.3 is 11.1 Å². The zero-order valence-electron chi connectivity index (χ0n) is 10.6. The summed E-state index contributed by atoms with van der Waals surface area (Å²) in [5.41, 5.74) is 8.48. The van der Waals surface area contributed by atoms with Crippen molar-refractivity contribution in [2.45, 2.75) is 33.2 Å². The maximum atomic E-state index is 11.8. The van der Waals surface area contributed by atoms with E-state index in [1.54, 1.807) is 0 Å². The number of rotatable bonds is 4. The van der Waals surface area contributed by atoms with E-state index in [1.807, 2.05) is 39.0 Å². The molecule has 0 aliphatic heterocycles. The van der Waals surface area contributed by atoms with Crippen LogP contribution in [0.3, 0.4) is 0 Å². The molecular weight excluding hydrogens is 236 g/mol. The van der Waals surface area contributed by atoms with Gasteiger partial charge in [0.25, 0.3) is 5.91 Å². The highest BCUT2D eigenvalue weighted by atomic mass is 35.5. The highest BCUT2D eigenvalue weighted by Gasteiger charge is 2.08. The van der Waals surface area contributed by atoms with Gasteiger partial charge in [0.1, 0.15) is 0 Å². The first-order valence-corrected chi connectivity index (χ1v) is 5.61. The molecule has 1 rings (SSSR count). The van der Waals surface area contributed by atoms with Gasteiger partial charge in [0.05, 0.1) is 0 Å². The topological polar surface area (TPSA) is 55.1 Å². The fourth-order valence-corrected chi connectivity index (χ4v) is 1.49. The number of nitrogens with one attached hydrogen (secondary N) is 1. The third-order valence-electron chi connectivity index (χ3n) is 2.52. The van der Waals surface area contributed by atoms with E-state index in [-0.39, 0.29) is 24.4 Å². The number of hydrogen-bond donors (Lipinski definition) is 2. The SMILES string of the molecule is Cc1ccc(C)c(C(=O)NCCC(C)N)c1.Cl. The van der Waals surface area contributed by atoms with Crippen molar-refractivity contribution in [3.8, 4) is 0 Å². The van der Waals surface area contributed by atoms with Crippen molar-refractivity contribution in [3.05, 3.63) is 34.9 Å². The predicted molar refractivity (Wildman–Crippen MR) is 73.8 cm³/mol. The number of hydrogen-bond acceptors (Lipinski definition) is 2. The highest BCUT2D eigenvalue weighted by molar-refractivity contribution is 5.95. The minimum absolute atomic E-state index is 0. The lowest BCUT2D eigenvalue weighted by molar-refractivity contribution is 0.0952. The second-order valence-corrected chi connectivity index (χ2v) is 4.34. The Morgan fingerprint density at radius 1 is 1.41 bits per heavy atom. The van der Waals surface area contributed by atoms with Crippen LogP contribution in [-0.4, -0.2) is 18.5 Å². The maximum Gasteiger partial charge on any atom is 0.251 e. The van der Waals surface area contributed by atoms with E-state index in [2.05, 4.69) is 5.32 Å². The molecule has 0 aromatic heterocycles. The van der Waals surface area contributed by atoms with Gasteiger partial charge in [0.2, 0.25) is 0 Å². The third-order valence-corrected chi connectivity index (χ3v) is 2.52. The molecule has 0 radical (unpaired) electrons. The highest BCUT2D eigenvalue weighted by Crippen LogP contribution is 2.10. The fourth-order valence-electron chi connectivity index (χ4n) is 1.49. The zero-order valence-corrected chi connectivity index (χ0v) is 11.4. The Kier molecular flexibility index (Phi) is 6.85. The number of carbonyl (C=O) groups is 1. The minimum atomic E-state index is -0.0122. The third kappa shape index (κ3) is 5.20. The van der Waals surface area contributed by atoms with Gasteiger partial charge >= 0.3 is 0 Å². The molecule has 1 amide bonds. The summed E-state index contributed by atoms with van der Waals surface area (Å²) < 4.78 is 0. The molecule has 0 aliphatic rings. The summed E-state index contributed by atoms with van der Waals surface area (Å²) in [7, 11) is 0. The fraction of sp³-hybridized carbons (Fsp3) is 0.462. The van der Waals surface area contributed by atoms with Gasteiger partial charge in [-0.1, -0.05) is 17.7 Å². The lowest BCUT2D eigenvalue weighted by Crippen LogP contribution is -2.29. The number of carbonyl (C=O) groups excluding carboxylic acids is 1. The van der Waals surface area contributed by atoms with Crippen molar-refractivity contribution < 1.29 is 4.79 Å². The van der Waals surface area contributed by atoms with Crippen LogP contribution in [0, 0.1) is 13.8 Å². The van der Waals surface area contributed by atoms with Crippen molar-refractivity contribution >= 4 is 18.3 Å². The number of amides is 1. The van der Waals surface area contributed by atoms with Crippen molar-refractivity contribution in [2.75, 3.05) is 6.54 Å². The summed E-state index contributed by atoms with van der Waals surface area (Å²) in [6.07, 6.45) is 0.802. The molecule has 0 heterocycles. The summed E-state index contributed by atoms with van der Waals surface area (Å²) in [5, 5.41) is 2.88. The van der Waals surface area contributed by atoms with Crippen LogP contribution < -0.4 is 11.1 Å². The monoisotopic (exact) mass is 256 g/mol. The first-order valence-electron chi connectivity index (χ1n) is 5.61. The van der Waals surface area contributed by atoms with Crippen LogP contribution in [0.1, 0.15) is 34.8 Å². The molecule has 3 nitrogen and oxygen atoms in total. The Bertz CT molecular complexity index is 378. The average Bonchev–Trinajstić information content (AvgIpc) is 2.21. The Balaban J connectivity index is 0.00000256. The predicted octanol–water partition coefficient (Wildman–Crippen LogP) is 2.19. The number of aryl methyl sites for hydroxylation is 2. The molecule has 1 atom stereocenters. The van der Waals surface area contributed by atoms with E-state index in [1.165, 1.54) is 0 Å². The van der Waals surface area contributed by atoms with Gasteiger partial charge in [0.15, 0.2) is 0 Å². The summed E-state index contributed by atoms with van der Waals surface area (Å²) in [6.45, 7) is 6.49. The lowest BCUT2D eigenvalue weighted by Gasteiger charge is -2.09. The Labute approximate surface area is 109 Å². The Morgan fingerprint density at radius 3 is 2.65 bits per heavy atom. The van der Waals surface area contributed by atoms with Gasteiger partial charge in [-0.15, -0.1) is 12.4 Å². The number of nitrogens with two attached hydrogens (primary N) is 1. The first-order chi connectivity index (χ1) is 7.50. The zero-order chi connectivity index (χ0) is 12.1. The second kappa shape index (κ2) is 7.30. The van der Waals surface area contributed by atoms with Crippen LogP contribution in [-0.2, 0) is 0 Å². The van der Waals surface area contributed by atoms with Gasteiger partial charge in [-0.3, -0.25) is 4.79 Å². The molecule has 0 aliphatic carbocycles. The van der Waals surface area contributed by atoms with Crippen LogP contribution in [0.15, 0.2) is 18.2 Å². The van der Waals surface area contributed by atoms with Crippen molar-refractivity contribution in [2.24, 2.45) is 5.73 Å². The van der Waals surface area contributed by atoms with Crippen LogP contribution >= 0.6 is 12.4 Å². The van der Waals surface area contributed by atoms with E-state index in [0.29, 0.717) is 6.54 Å². The molecular formula is C13H21ClN2O. The van der Waals surface area contributed by atoms with Crippen LogP contribution in [0.2, 0.25) is 0 Å². The number of benzene rings is 1. The summed E-state index contributed by atoms with van der Waals surface area (Å²) in [5.74, 6) is -0.0122. The van der Waals surface area contributed by atoms with Crippen LogP contribution in [0.4, 0.5) is 0 Å². The van der Waals surface area contributed by atoms with Crippen molar-refractivity contribution in [3.63, 3.8) is 0 Å². The normalized spacial score (nSPS) is 11.5. The lowest BCUT2D eigenvalue weighted by atomic mass is 10.1. The standard InChI is InChI=1S/C13H20N2O.ClH/c1-9-4-5-10(2)12(8-9)13(16)15-7-6-11(3)14;/h4-5,8,11H,6-7,14H2,1-3H3,(H,15,16);1H. The molecule has 1 aromatic rings. The molecule has 0 saturated heterocycles. The van der Waals surface area contributed by atoms with Crippen molar-refractivity contribution in [1.29, 1.82) is 0 Å². The van der Waals surface area contributed by atoms with E-state index < -0.39 is 0 Å². The van der Waals surface area contributed by atoms with Gasteiger partial charge in [-0.05, 0) is 38.8 Å². The smallest absolute Gasteiger partial charge is 0.251 e. The average molecular weight is 257 g/mol. The Hall–Kier alpha value is -1.06. The summed E-state index contributed by atoms with van der Waals surface area (Å²) >= 11 is 0.